The molecule has 0 bridgehead atoms. The van der Waals surface area contributed by atoms with E-state index < -0.39 is 0 Å². The van der Waals surface area contributed by atoms with Crippen LogP contribution in [0, 0.1) is 9.39 Å². The van der Waals surface area contributed by atoms with Gasteiger partial charge in [0.2, 0.25) is 0 Å². The lowest BCUT2D eigenvalue weighted by molar-refractivity contribution is 0.539. The fourth-order valence-electron chi connectivity index (χ4n) is 2.06. The molecule has 0 aliphatic heterocycles. The average Bonchev–Trinajstić information content (AvgIpc) is 2.41. The summed E-state index contributed by atoms with van der Waals surface area (Å²) >= 11 is 5.57. The number of hydrogen-bond donors (Lipinski definition) is 1. The maximum atomic E-state index is 13.2. The molecule has 0 fully saturated rings. The summed E-state index contributed by atoms with van der Waals surface area (Å²) in [6.45, 7) is 2.92. The first-order valence-electron chi connectivity index (χ1n) is 6.39. The highest BCUT2D eigenvalue weighted by atomic mass is 127. The third kappa shape index (κ3) is 4.23. The summed E-state index contributed by atoms with van der Waals surface area (Å²) in [6, 6.07) is 9.06. The molecule has 2 aromatic rings. The molecule has 0 saturated carbocycles. The first-order chi connectivity index (χ1) is 9.60. The lowest BCUT2D eigenvalue weighted by Crippen LogP contribution is -2.24. The Bertz CT molecular complexity index is 575. The van der Waals surface area contributed by atoms with Crippen LogP contribution in [0.3, 0.4) is 0 Å². The van der Waals surface area contributed by atoms with Gasteiger partial charge in [0.15, 0.2) is 0 Å². The molecule has 1 unspecified atom stereocenters. The van der Waals surface area contributed by atoms with E-state index >= 15 is 0 Å². The lowest BCUT2D eigenvalue weighted by Gasteiger charge is -2.19. The predicted octanol–water partition coefficient (Wildman–Crippen LogP) is 4.48. The van der Waals surface area contributed by atoms with Crippen LogP contribution in [0.5, 0.6) is 0 Å². The summed E-state index contributed by atoms with van der Waals surface area (Å²) in [5, 5.41) is 3.44. The standard InChI is InChI=1S/C15H15BrFIN2/c1-2-19-15(8-12-5-3-10(16)9-20-12)13-6-4-11(17)7-14(13)18/h3-7,9,15,19H,2,8H2,1H3. The van der Waals surface area contributed by atoms with Gasteiger partial charge in [0.1, 0.15) is 5.82 Å². The third-order valence-electron chi connectivity index (χ3n) is 2.99. The van der Waals surface area contributed by atoms with E-state index in [1.54, 1.807) is 12.3 Å². The second-order valence-corrected chi connectivity index (χ2v) is 6.53. The quantitative estimate of drug-likeness (QED) is 0.682. The minimum Gasteiger partial charge on any atom is -0.310 e. The summed E-state index contributed by atoms with van der Waals surface area (Å²) in [7, 11) is 0. The van der Waals surface area contributed by atoms with Crippen molar-refractivity contribution in [2.24, 2.45) is 0 Å². The van der Waals surface area contributed by atoms with Crippen LogP contribution in [0.2, 0.25) is 0 Å². The molecule has 2 nitrogen and oxygen atoms in total. The van der Waals surface area contributed by atoms with Gasteiger partial charge >= 0.3 is 0 Å². The molecule has 1 aromatic heterocycles. The number of aromatic nitrogens is 1. The fraction of sp³-hybridized carbons (Fsp3) is 0.267. The van der Waals surface area contributed by atoms with E-state index in [9.17, 15) is 4.39 Å². The molecule has 1 heterocycles. The van der Waals surface area contributed by atoms with E-state index in [-0.39, 0.29) is 11.9 Å². The molecular formula is C15H15BrFIN2. The number of hydrogen-bond acceptors (Lipinski definition) is 2. The molecule has 1 N–H and O–H groups in total. The first-order valence-corrected chi connectivity index (χ1v) is 8.26. The maximum absolute atomic E-state index is 13.2. The van der Waals surface area contributed by atoms with E-state index in [1.165, 1.54) is 6.07 Å². The number of benzene rings is 1. The normalized spacial score (nSPS) is 12.4. The van der Waals surface area contributed by atoms with E-state index in [2.05, 4.69) is 55.7 Å². The van der Waals surface area contributed by atoms with Crippen molar-refractivity contribution < 1.29 is 4.39 Å². The van der Waals surface area contributed by atoms with Crippen LogP contribution in [-0.4, -0.2) is 11.5 Å². The zero-order valence-corrected chi connectivity index (χ0v) is 14.8. The molecule has 0 saturated heterocycles. The summed E-state index contributed by atoms with van der Waals surface area (Å²) in [4.78, 5) is 4.41. The summed E-state index contributed by atoms with van der Waals surface area (Å²) in [5.74, 6) is -0.199. The molecule has 2 rings (SSSR count). The predicted molar refractivity (Wildman–Crippen MR) is 91.2 cm³/mol. The highest BCUT2D eigenvalue weighted by Gasteiger charge is 2.15. The minimum absolute atomic E-state index is 0.140. The van der Waals surface area contributed by atoms with Crippen LogP contribution in [0.1, 0.15) is 24.2 Å². The van der Waals surface area contributed by atoms with Gasteiger partial charge < -0.3 is 5.32 Å². The second-order valence-electron chi connectivity index (χ2n) is 4.45. The van der Waals surface area contributed by atoms with Crippen LogP contribution < -0.4 is 5.32 Å². The van der Waals surface area contributed by atoms with Crippen molar-refractivity contribution in [2.45, 2.75) is 19.4 Å². The van der Waals surface area contributed by atoms with E-state index in [0.29, 0.717) is 0 Å². The maximum Gasteiger partial charge on any atom is 0.124 e. The molecule has 0 aliphatic carbocycles. The highest BCUT2D eigenvalue weighted by molar-refractivity contribution is 14.1. The van der Waals surface area contributed by atoms with Crippen LogP contribution in [0.15, 0.2) is 41.0 Å². The van der Waals surface area contributed by atoms with Crippen LogP contribution >= 0.6 is 38.5 Å². The Morgan fingerprint density at radius 1 is 1.35 bits per heavy atom. The number of rotatable bonds is 5. The van der Waals surface area contributed by atoms with E-state index in [1.807, 2.05) is 18.2 Å². The minimum atomic E-state index is -0.199. The molecule has 5 heteroatoms. The smallest absolute Gasteiger partial charge is 0.124 e. The van der Waals surface area contributed by atoms with Gasteiger partial charge in [0.25, 0.3) is 0 Å². The topological polar surface area (TPSA) is 24.9 Å². The zero-order chi connectivity index (χ0) is 14.5. The van der Waals surface area contributed by atoms with Crippen molar-refractivity contribution in [2.75, 3.05) is 6.54 Å². The summed E-state index contributed by atoms with van der Waals surface area (Å²) in [6.07, 6.45) is 2.58. The molecule has 1 aromatic carbocycles. The number of pyridine rings is 1. The van der Waals surface area contributed by atoms with Crippen LogP contribution in [0.25, 0.3) is 0 Å². The molecule has 0 aliphatic rings. The Labute approximate surface area is 140 Å². The molecule has 20 heavy (non-hydrogen) atoms. The van der Waals surface area contributed by atoms with Gasteiger partial charge in [-0.25, -0.2) is 4.39 Å². The zero-order valence-electron chi connectivity index (χ0n) is 11.0. The molecule has 0 amide bonds. The van der Waals surface area contributed by atoms with Gasteiger partial charge in [0, 0.05) is 32.4 Å². The third-order valence-corrected chi connectivity index (χ3v) is 4.39. The Kier molecular flexibility index (Phi) is 5.92. The monoisotopic (exact) mass is 448 g/mol. The van der Waals surface area contributed by atoms with Crippen LogP contribution in [-0.2, 0) is 6.42 Å². The summed E-state index contributed by atoms with van der Waals surface area (Å²) < 4.78 is 15.1. The highest BCUT2D eigenvalue weighted by Crippen LogP contribution is 2.24. The Balaban J connectivity index is 2.24. The van der Waals surface area contributed by atoms with Crippen molar-refractivity contribution in [3.63, 3.8) is 0 Å². The van der Waals surface area contributed by atoms with Crippen molar-refractivity contribution >= 4 is 38.5 Å². The average molecular weight is 449 g/mol. The van der Waals surface area contributed by atoms with E-state index in [0.717, 1.165) is 32.3 Å². The van der Waals surface area contributed by atoms with E-state index in [4.69, 9.17) is 0 Å². The first kappa shape index (κ1) is 15.9. The van der Waals surface area contributed by atoms with Crippen molar-refractivity contribution in [1.29, 1.82) is 0 Å². The number of nitrogens with zero attached hydrogens (tertiary/aromatic N) is 1. The van der Waals surface area contributed by atoms with Gasteiger partial charge in [-0.2, -0.15) is 0 Å². The lowest BCUT2D eigenvalue weighted by atomic mass is 10.0. The van der Waals surface area contributed by atoms with Crippen molar-refractivity contribution in [1.82, 2.24) is 10.3 Å². The number of nitrogens with one attached hydrogen (secondary N) is 1. The van der Waals surface area contributed by atoms with Crippen molar-refractivity contribution in [3.8, 4) is 0 Å². The number of halogens is 3. The van der Waals surface area contributed by atoms with Gasteiger partial charge in [-0.3, -0.25) is 4.98 Å². The Morgan fingerprint density at radius 2 is 2.15 bits per heavy atom. The van der Waals surface area contributed by atoms with Crippen LogP contribution in [0.4, 0.5) is 4.39 Å². The van der Waals surface area contributed by atoms with Gasteiger partial charge in [-0.15, -0.1) is 0 Å². The molecular weight excluding hydrogens is 434 g/mol. The molecule has 1 atom stereocenters. The second kappa shape index (κ2) is 7.47. The Morgan fingerprint density at radius 3 is 2.75 bits per heavy atom. The molecule has 106 valence electrons. The summed E-state index contributed by atoms with van der Waals surface area (Å²) in [5.41, 5.74) is 2.12. The largest absolute Gasteiger partial charge is 0.310 e. The fourth-order valence-corrected chi connectivity index (χ4v) is 3.15. The van der Waals surface area contributed by atoms with Gasteiger partial charge in [-0.1, -0.05) is 13.0 Å². The molecule has 0 spiro atoms. The SMILES string of the molecule is CCNC(Cc1ccc(Br)cn1)c1ccc(F)cc1I. The Hall–Kier alpha value is -0.530. The van der Waals surface area contributed by atoms with Gasteiger partial charge in [0.05, 0.1) is 0 Å². The van der Waals surface area contributed by atoms with Gasteiger partial charge in [-0.05, 0) is 74.9 Å². The van der Waals surface area contributed by atoms with Crippen molar-refractivity contribution in [3.05, 3.63) is 61.6 Å². The molecule has 0 radical (unpaired) electrons. The number of likely N-dealkylation sites (N-methyl/N-ethyl adjacent to an activating group) is 1.